The predicted molar refractivity (Wildman–Crippen MR) is 185 cm³/mol. The number of alkyl halides is 3. The predicted octanol–water partition coefficient (Wildman–Crippen LogP) is 11.7. The van der Waals surface area contributed by atoms with Crippen molar-refractivity contribution in [2.75, 3.05) is 0 Å². The first-order valence-electron chi connectivity index (χ1n) is 16.3. The third kappa shape index (κ3) is 10.7. The number of halogens is 3. The van der Waals surface area contributed by atoms with E-state index < -0.39 is 12.6 Å². The van der Waals surface area contributed by atoms with E-state index in [1.807, 2.05) is 46.8 Å². The van der Waals surface area contributed by atoms with Gasteiger partial charge in [0.15, 0.2) is 5.78 Å². The van der Waals surface area contributed by atoms with Gasteiger partial charge in [-0.25, -0.2) is 4.98 Å². The molecule has 0 saturated carbocycles. The van der Waals surface area contributed by atoms with E-state index in [0.717, 1.165) is 63.0 Å². The number of nitrogens with zero attached hydrogens (tertiary/aromatic N) is 2. The number of hydrogen-bond acceptors (Lipinski definition) is 5. The number of carbonyl (C=O) groups is 1. The molecule has 4 aromatic rings. The largest absolute Gasteiger partial charge is 0.512 e. The number of aromatic nitrogens is 2. The number of aliphatic hydroxyl groups is 1. The van der Waals surface area contributed by atoms with Gasteiger partial charge in [0.2, 0.25) is 0 Å². The van der Waals surface area contributed by atoms with Gasteiger partial charge in [0.05, 0.1) is 11.3 Å². The van der Waals surface area contributed by atoms with Crippen LogP contribution in [0.3, 0.4) is 0 Å². The summed E-state index contributed by atoms with van der Waals surface area (Å²) in [6.07, 6.45) is 1.92. The summed E-state index contributed by atoms with van der Waals surface area (Å²) in [7, 11) is 0. The molecule has 2 aromatic heterocycles. The van der Waals surface area contributed by atoms with Crippen molar-refractivity contribution in [3.05, 3.63) is 70.6 Å². The summed E-state index contributed by atoms with van der Waals surface area (Å²) < 4.78 is 38.8. The molecule has 0 aliphatic heterocycles. The van der Waals surface area contributed by atoms with Gasteiger partial charge in [-0.1, -0.05) is 77.6 Å². The Hall–Kier alpha value is -2.61. The van der Waals surface area contributed by atoms with Gasteiger partial charge in [-0.05, 0) is 56.4 Å². The fourth-order valence-electron chi connectivity index (χ4n) is 5.78. The third-order valence-electron chi connectivity index (χ3n) is 8.58. The molecule has 2 aromatic carbocycles. The SMILES string of the molecule is CCC(CC)C(=O)/C=C(\O)C(CC)CC.Cc1sc2c(-c3[c-]c4ccccc4c(C(C)(C)C)c3)ncnc2c1CCCC(F)(F)F.[Ir]. The van der Waals surface area contributed by atoms with E-state index in [4.69, 9.17) is 0 Å². The van der Waals surface area contributed by atoms with Crippen LogP contribution < -0.4 is 0 Å². The van der Waals surface area contributed by atoms with Crippen molar-refractivity contribution in [3.8, 4) is 11.3 Å². The quantitative estimate of drug-likeness (QED) is 0.0928. The van der Waals surface area contributed by atoms with Gasteiger partial charge >= 0.3 is 6.18 Å². The fraction of sp³-hybridized carbons (Fsp3) is 0.500. The van der Waals surface area contributed by atoms with Gasteiger partial charge in [0.25, 0.3) is 0 Å². The summed E-state index contributed by atoms with van der Waals surface area (Å²) >= 11 is 1.55. The number of hydrogen-bond donors (Lipinski definition) is 1. The normalized spacial score (nSPS) is 12.4. The van der Waals surface area contributed by atoms with Crippen molar-refractivity contribution in [3.63, 3.8) is 0 Å². The summed E-state index contributed by atoms with van der Waals surface area (Å²) in [5.41, 5.74) is 4.47. The summed E-state index contributed by atoms with van der Waals surface area (Å²) in [5.74, 6) is 0.547. The zero-order valence-electron chi connectivity index (χ0n) is 28.8. The molecular weight excluding hydrogens is 798 g/mol. The first kappa shape index (κ1) is 40.6. The second-order valence-electron chi connectivity index (χ2n) is 12.9. The maximum Gasteiger partial charge on any atom is 0.389 e. The summed E-state index contributed by atoms with van der Waals surface area (Å²) in [6, 6.07) is 13.8. The molecule has 0 amide bonds. The molecule has 0 saturated heterocycles. The second kappa shape index (κ2) is 17.7. The average Bonchev–Trinajstić information content (AvgIpc) is 3.32. The Kier molecular flexibility index (Phi) is 15.3. The number of ketones is 1. The van der Waals surface area contributed by atoms with Crippen molar-refractivity contribution in [2.45, 2.75) is 112 Å². The summed E-state index contributed by atoms with van der Waals surface area (Å²) in [4.78, 5) is 21.7. The van der Waals surface area contributed by atoms with Crippen LogP contribution in [0.5, 0.6) is 0 Å². The van der Waals surface area contributed by atoms with Crippen LogP contribution in [0.4, 0.5) is 13.2 Å². The molecule has 0 unspecified atom stereocenters. The molecule has 0 fully saturated rings. The van der Waals surface area contributed by atoms with Gasteiger partial charge in [0.1, 0.15) is 6.33 Å². The summed E-state index contributed by atoms with van der Waals surface area (Å²) in [5, 5.41) is 11.9. The monoisotopic (exact) mass is 846 g/mol. The van der Waals surface area contributed by atoms with E-state index in [0.29, 0.717) is 6.42 Å². The minimum atomic E-state index is -4.14. The molecular formula is C38H48F3IrN2O2S-. The Bertz CT molecular complexity index is 1650. The molecule has 0 spiro atoms. The number of rotatable bonds is 11. The topological polar surface area (TPSA) is 63.1 Å². The number of aryl methyl sites for hydroxylation is 2. The maximum atomic E-state index is 12.6. The summed E-state index contributed by atoms with van der Waals surface area (Å²) in [6.45, 7) is 16.6. The van der Waals surface area contributed by atoms with E-state index in [1.54, 1.807) is 11.3 Å². The Morgan fingerprint density at radius 2 is 1.62 bits per heavy atom. The molecule has 2 heterocycles. The van der Waals surface area contributed by atoms with Gasteiger partial charge in [-0.3, -0.25) is 9.78 Å². The van der Waals surface area contributed by atoms with Crippen LogP contribution in [0, 0.1) is 24.8 Å². The molecule has 0 bridgehead atoms. The number of fused-ring (bicyclic) bond motifs is 2. The minimum absolute atomic E-state index is 0. The molecule has 0 aliphatic rings. The van der Waals surface area contributed by atoms with E-state index >= 15 is 0 Å². The van der Waals surface area contributed by atoms with Crippen molar-refractivity contribution in [2.24, 2.45) is 11.8 Å². The van der Waals surface area contributed by atoms with Crippen LogP contribution in [-0.2, 0) is 36.7 Å². The van der Waals surface area contributed by atoms with E-state index in [9.17, 15) is 23.1 Å². The number of carbonyl (C=O) groups excluding carboxylic acids is 1. The smallest absolute Gasteiger partial charge is 0.389 e. The Balaban J connectivity index is 0.000000410. The van der Waals surface area contributed by atoms with Crippen LogP contribution in [-0.4, -0.2) is 27.0 Å². The zero-order chi connectivity index (χ0) is 34.2. The number of aliphatic hydroxyl groups excluding tert-OH is 1. The van der Waals surface area contributed by atoms with E-state index in [2.05, 4.69) is 55.0 Å². The third-order valence-corrected chi connectivity index (χ3v) is 9.72. The van der Waals surface area contributed by atoms with Crippen LogP contribution >= 0.6 is 11.3 Å². The van der Waals surface area contributed by atoms with Crippen LogP contribution in [0.2, 0.25) is 0 Å². The molecule has 0 atom stereocenters. The van der Waals surface area contributed by atoms with Crippen molar-refractivity contribution < 1.29 is 43.2 Å². The molecule has 1 radical (unpaired) electrons. The minimum Gasteiger partial charge on any atom is -0.512 e. The van der Waals surface area contributed by atoms with Gasteiger partial charge < -0.3 is 5.11 Å². The van der Waals surface area contributed by atoms with Crippen molar-refractivity contribution in [1.29, 1.82) is 0 Å². The molecule has 9 heteroatoms. The van der Waals surface area contributed by atoms with Crippen LogP contribution in [0.1, 0.15) is 103 Å². The van der Waals surface area contributed by atoms with Gasteiger partial charge in [-0.2, -0.15) is 13.2 Å². The molecule has 4 rings (SSSR count). The Labute approximate surface area is 295 Å². The van der Waals surface area contributed by atoms with Crippen LogP contribution in [0.15, 0.2) is 48.5 Å². The number of thiophene rings is 1. The van der Waals surface area contributed by atoms with Crippen molar-refractivity contribution >= 4 is 38.1 Å². The standard InChI is InChI=1S/C25H24F3N2S.C13H24O2.Ir/c1-15-18(10-7-11-25(26,27)28)22-23(31-15)21(29-14-30-22)17-12-16-8-5-6-9-19(16)20(13-17)24(2,3)4;1-5-10(6-2)12(14)9-13(15)11(7-3)8-4;/h5-6,8-9,13-14H,7,10-11H2,1-4H3;9-11,14H,5-8H2,1-4H3;/q-1;;/b;12-9-;. The average molecular weight is 846 g/mol. The molecule has 1 N–H and O–H groups in total. The van der Waals surface area contributed by atoms with Gasteiger partial charge in [-0.15, -0.1) is 40.5 Å². The Morgan fingerprint density at radius 3 is 2.19 bits per heavy atom. The first-order chi connectivity index (χ1) is 21.6. The fourth-order valence-corrected chi connectivity index (χ4v) is 6.94. The molecule has 259 valence electrons. The molecule has 47 heavy (non-hydrogen) atoms. The van der Waals surface area contributed by atoms with Crippen molar-refractivity contribution in [1.82, 2.24) is 9.97 Å². The Morgan fingerprint density at radius 1 is 1.00 bits per heavy atom. The van der Waals surface area contributed by atoms with E-state index in [1.165, 1.54) is 23.4 Å². The first-order valence-corrected chi connectivity index (χ1v) is 17.2. The maximum absolute atomic E-state index is 12.6. The van der Waals surface area contributed by atoms with E-state index in [-0.39, 0.29) is 55.3 Å². The number of allylic oxidation sites excluding steroid dienone is 2. The van der Waals surface area contributed by atoms with Crippen LogP contribution in [0.25, 0.3) is 32.2 Å². The number of benzene rings is 2. The van der Waals surface area contributed by atoms with Gasteiger partial charge in [0, 0.05) is 59.7 Å². The molecule has 4 nitrogen and oxygen atoms in total. The zero-order valence-corrected chi connectivity index (χ0v) is 32.0. The second-order valence-corrected chi connectivity index (χ2v) is 14.1. The molecule has 0 aliphatic carbocycles.